The molecule has 2 heterocycles. The summed E-state index contributed by atoms with van der Waals surface area (Å²) in [7, 11) is 0. The first-order chi connectivity index (χ1) is 16.0. The van der Waals surface area contributed by atoms with E-state index in [4.69, 9.17) is 4.74 Å². The minimum atomic E-state index is -0.358. The number of hydrogen-bond donors (Lipinski definition) is 0. The maximum absolute atomic E-state index is 13.8. The summed E-state index contributed by atoms with van der Waals surface area (Å²) in [5.74, 6) is 0.343. The van der Waals surface area contributed by atoms with E-state index in [0.29, 0.717) is 12.5 Å². The van der Waals surface area contributed by atoms with Gasteiger partial charge in [-0.3, -0.25) is 9.59 Å². The summed E-state index contributed by atoms with van der Waals surface area (Å²) >= 11 is 0. The number of carbonyl (C=O) groups excluding carboxylic acids is 2. The van der Waals surface area contributed by atoms with Crippen LogP contribution in [0.5, 0.6) is 0 Å². The zero-order valence-corrected chi connectivity index (χ0v) is 19.5. The zero-order chi connectivity index (χ0) is 22.9. The van der Waals surface area contributed by atoms with Crippen LogP contribution in [0.15, 0.2) is 60.7 Å². The Morgan fingerprint density at radius 2 is 1.52 bits per heavy atom. The Bertz CT molecular complexity index is 977. The van der Waals surface area contributed by atoms with Crippen LogP contribution in [0.25, 0.3) is 0 Å². The molecule has 3 aliphatic rings. The number of para-hydroxylation sites is 1. The highest BCUT2D eigenvalue weighted by molar-refractivity contribution is 5.92. The number of likely N-dealkylation sites (tertiary alicyclic amines) is 1. The van der Waals surface area contributed by atoms with Gasteiger partial charge in [0.25, 0.3) is 0 Å². The predicted molar refractivity (Wildman–Crippen MR) is 129 cm³/mol. The van der Waals surface area contributed by atoms with E-state index in [1.807, 2.05) is 53.4 Å². The second-order valence-corrected chi connectivity index (χ2v) is 10.0. The molecule has 2 aliphatic heterocycles. The molecule has 5 rings (SSSR count). The molecule has 1 spiro atoms. The molecular formula is C28H34N2O3. The van der Waals surface area contributed by atoms with E-state index in [0.717, 1.165) is 63.7 Å². The SMILES string of the molecule is CC(=O)N(c1ccccc1)[C@H]1COC2(CCN(C(=O)C3(c4ccccc4)CCCC3)CC2)C1. The highest BCUT2D eigenvalue weighted by Crippen LogP contribution is 2.45. The third kappa shape index (κ3) is 4.08. The topological polar surface area (TPSA) is 49.9 Å². The van der Waals surface area contributed by atoms with Gasteiger partial charge in [-0.15, -0.1) is 0 Å². The van der Waals surface area contributed by atoms with Gasteiger partial charge >= 0.3 is 0 Å². The standard InChI is InChI=1S/C28H34N2O3/c1-22(31)30(24-12-6-3-7-13-24)25-20-27(33-21-25)16-18-29(19-17-27)26(32)28(14-8-9-15-28)23-10-4-2-5-11-23/h2-7,10-13,25H,8-9,14-21H2,1H3/t25-/m1/s1. The van der Waals surface area contributed by atoms with Crippen molar-refractivity contribution in [3.8, 4) is 0 Å². The Hall–Kier alpha value is -2.66. The van der Waals surface area contributed by atoms with Crippen molar-refractivity contribution >= 4 is 17.5 Å². The van der Waals surface area contributed by atoms with Crippen LogP contribution in [0.4, 0.5) is 5.69 Å². The van der Waals surface area contributed by atoms with E-state index in [1.54, 1.807) is 6.92 Å². The lowest BCUT2D eigenvalue weighted by molar-refractivity contribution is -0.142. The summed E-state index contributed by atoms with van der Waals surface area (Å²) < 4.78 is 6.38. The molecule has 33 heavy (non-hydrogen) atoms. The molecule has 0 aromatic heterocycles. The quantitative estimate of drug-likeness (QED) is 0.684. The van der Waals surface area contributed by atoms with Crippen LogP contribution in [0.3, 0.4) is 0 Å². The van der Waals surface area contributed by atoms with Crippen LogP contribution in [0, 0.1) is 0 Å². The number of hydrogen-bond acceptors (Lipinski definition) is 3. The lowest BCUT2D eigenvalue weighted by atomic mass is 9.76. The van der Waals surface area contributed by atoms with Crippen molar-refractivity contribution in [3.63, 3.8) is 0 Å². The summed E-state index contributed by atoms with van der Waals surface area (Å²) in [5, 5.41) is 0. The van der Waals surface area contributed by atoms with Crippen LogP contribution in [-0.2, 0) is 19.7 Å². The van der Waals surface area contributed by atoms with Crippen LogP contribution in [0.1, 0.15) is 57.4 Å². The second-order valence-electron chi connectivity index (χ2n) is 10.0. The molecule has 2 amide bonds. The number of piperidine rings is 1. The fourth-order valence-electron chi connectivity index (χ4n) is 6.35. The van der Waals surface area contributed by atoms with Crippen molar-refractivity contribution in [3.05, 3.63) is 66.2 Å². The van der Waals surface area contributed by atoms with Gasteiger partial charge in [-0.1, -0.05) is 61.4 Å². The van der Waals surface area contributed by atoms with Crippen LogP contribution < -0.4 is 4.90 Å². The van der Waals surface area contributed by atoms with Gasteiger partial charge in [-0.05, 0) is 49.8 Å². The highest BCUT2D eigenvalue weighted by Gasteiger charge is 2.49. The minimum Gasteiger partial charge on any atom is -0.373 e. The van der Waals surface area contributed by atoms with Crippen molar-refractivity contribution in [1.29, 1.82) is 0 Å². The monoisotopic (exact) mass is 446 g/mol. The van der Waals surface area contributed by atoms with Gasteiger partial charge in [0.15, 0.2) is 0 Å². The summed E-state index contributed by atoms with van der Waals surface area (Å²) in [5.41, 5.74) is 1.50. The molecule has 174 valence electrons. The van der Waals surface area contributed by atoms with E-state index in [2.05, 4.69) is 17.0 Å². The Balaban J connectivity index is 1.27. The number of carbonyl (C=O) groups is 2. The molecule has 5 nitrogen and oxygen atoms in total. The third-order valence-corrected chi connectivity index (χ3v) is 8.08. The van der Waals surface area contributed by atoms with Crippen LogP contribution in [-0.4, -0.2) is 48.1 Å². The third-order valence-electron chi connectivity index (χ3n) is 8.08. The largest absolute Gasteiger partial charge is 0.373 e. The van der Waals surface area contributed by atoms with Crippen molar-refractivity contribution < 1.29 is 14.3 Å². The first kappa shape index (κ1) is 22.1. The molecule has 5 heteroatoms. The molecule has 0 radical (unpaired) electrons. The zero-order valence-electron chi connectivity index (χ0n) is 19.5. The highest BCUT2D eigenvalue weighted by atomic mass is 16.5. The first-order valence-corrected chi connectivity index (χ1v) is 12.4. The van der Waals surface area contributed by atoms with Gasteiger partial charge in [0.2, 0.25) is 11.8 Å². The summed E-state index contributed by atoms with van der Waals surface area (Å²) in [6.45, 7) is 3.64. The molecule has 1 saturated carbocycles. The molecule has 1 aliphatic carbocycles. The fraction of sp³-hybridized carbons (Fsp3) is 0.500. The van der Waals surface area contributed by atoms with Gasteiger partial charge in [-0.25, -0.2) is 0 Å². The van der Waals surface area contributed by atoms with Gasteiger partial charge in [-0.2, -0.15) is 0 Å². The molecule has 3 fully saturated rings. The van der Waals surface area contributed by atoms with E-state index >= 15 is 0 Å². The van der Waals surface area contributed by atoms with Crippen molar-refractivity contribution in [1.82, 2.24) is 4.90 Å². The molecule has 0 unspecified atom stereocenters. The molecule has 2 saturated heterocycles. The van der Waals surface area contributed by atoms with Crippen molar-refractivity contribution in [2.45, 2.75) is 68.9 Å². The van der Waals surface area contributed by atoms with Gasteiger partial charge in [0.1, 0.15) is 0 Å². The van der Waals surface area contributed by atoms with Crippen molar-refractivity contribution in [2.24, 2.45) is 0 Å². The molecule has 0 N–H and O–H groups in total. The Morgan fingerprint density at radius 3 is 2.12 bits per heavy atom. The van der Waals surface area contributed by atoms with E-state index in [-0.39, 0.29) is 23.0 Å². The minimum absolute atomic E-state index is 0.0395. The van der Waals surface area contributed by atoms with Gasteiger partial charge < -0.3 is 14.5 Å². The predicted octanol–water partition coefficient (Wildman–Crippen LogP) is 4.70. The van der Waals surface area contributed by atoms with Gasteiger partial charge in [0.05, 0.1) is 23.7 Å². The smallest absolute Gasteiger partial charge is 0.233 e. The summed E-state index contributed by atoms with van der Waals surface area (Å²) in [6, 6.07) is 20.3. The first-order valence-electron chi connectivity index (χ1n) is 12.4. The fourth-order valence-corrected chi connectivity index (χ4v) is 6.35. The molecule has 1 atom stereocenters. The second kappa shape index (κ2) is 8.94. The maximum Gasteiger partial charge on any atom is 0.233 e. The summed E-state index contributed by atoms with van der Waals surface area (Å²) in [4.78, 5) is 30.3. The van der Waals surface area contributed by atoms with Crippen LogP contribution in [0.2, 0.25) is 0 Å². The number of nitrogens with zero attached hydrogens (tertiary/aromatic N) is 2. The molecule has 2 aromatic rings. The Kier molecular flexibility index (Phi) is 6.00. The number of amides is 2. The number of anilines is 1. The summed E-state index contributed by atoms with van der Waals surface area (Å²) in [6.07, 6.45) is 6.61. The normalized spacial score (nSPS) is 23.5. The van der Waals surface area contributed by atoms with Crippen LogP contribution >= 0.6 is 0 Å². The van der Waals surface area contributed by atoms with Crippen molar-refractivity contribution in [2.75, 3.05) is 24.6 Å². The maximum atomic E-state index is 13.8. The Morgan fingerprint density at radius 1 is 0.909 bits per heavy atom. The van der Waals surface area contributed by atoms with Gasteiger partial charge in [0, 0.05) is 25.7 Å². The molecular weight excluding hydrogens is 412 g/mol. The lowest BCUT2D eigenvalue weighted by Gasteiger charge is -2.42. The van der Waals surface area contributed by atoms with E-state index in [1.165, 1.54) is 5.56 Å². The van der Waals surface area contributed by atoms with E-state index in [9.17, 15) is 9.59 Å². The van der Waals surface area contributed by atoms with E-state index < -0.39 is 0 Å². The number of benzene rings is 2. The molecule has 2 aromatic carbocycles. The average Bonchev–Trinajstić information content (AvgIpc) is 3.49. The number of rotatable bonds is 4. The molecule has 0 bridgehead atoms. The number of ether oxygens (including phenoxy) is 1. The Labute approximate surface area is 196 Å². The lowest BCUT2D eigenvalue weighted by Crippen LogP contribution is -2.52. The average molecular weight is 447 g/mol.